The van der Waals surface area contributed by atoms with Crippen LogP contribution in [0.15, 0.2) is 22.8 Å². The van der Waals surface area contributed by atoms with Crippen molar-refractivity contribution < 1.29 is 18.7 Å². The van der Waals surface area contributed by atoms with Crippen LogP contribution in [-0.4, -0.2) is 17.0 Å². The smallest absolute Gasteiger partial charge is 0.374 e. The molecule has 0 heterocycles. The summed E-state index contributed by atoms with van der Waals surface area (Å²) < 4.78 is 26.6. The van der Waals surface area contributed by atoms with Crippen molar-refractivity contribution >= 4 is 17.6 Å². The predicted octanol–water partition coefficient (Wildman–Crippen LogP) is 3.19. The van der Waals surface area contributed by atoms with Gasteiger partial charge in [-0.15, -0.1) is 0 Å². The van der Waals surface area contributed by atoms with Crippen molar-refractivity contribution in [3.63, 3.8) is 0 Å². The van der Waals surface area contributed by atoms with E-state index in [1.807, 2.05) is 0 Å². The van der Waals surface area contributed by atoms with Gasteiger partial charge in [-0.05, 0) is 31.3 Å². The molecule has 0 radical (unpaired) electrons. The molecule has 2 unspecified atom stereocenters. The molecule has 2 atom stereocenters. The van der Waals surface area contributed by atoms with E-state index in [0.717, 1.165) is 5.57 Å². The number of hydrogen-bond acceptors (Lipinski definition) is 1. The largest absolute Gasteiger partial charge is 0.477 e. The normalized spacial score (nSPS) is 29.4. The third kappa shape index (κ3) is 1.86. The minimum atomic E-state index is -3.63. The maximum absolute atomic E-state index is 13.3. The molecule has 2 nitrogen and oxygen atoms in total. The fourth-order valence-corrected chi connectivity index (χ4v) is 2.65. The van der Waals surface area contributed by atoms with Crippen molar-refractivity contribution in [3.8, 4) is 0 Å². The predicted molar refractivity (Wildman–Crippen MR) is 55.4 cm³/mol. The number of carbonyl (C=O) groups is 1. The van der Waals surface area contributed by atoms with E-state index in [1.165, 1.54) is 0 Å². The number of fused-ring (bicyclic) bond motifs is 1. The van der Waals surface area contributed by atoms with Gasteiger partial charge in [0.05, 0.1) is 0 Å². The summed E-state index contributed by atoms with van der Waals surface area (Å²) in [7, 11) is 0. The van der Waals surface area contributed by atoms with Crippen molar-refractivity contribution in [2.24, 2.45) is 11.8 Å². The zero-order valence-electron chi connectivity index (χ0n) is 8.42. The summed E-state index contributed by atoms with van der Waals surface area (Å²) in [6, 6.07) is 0. The number of rotatable bonds is 2. The highest BCUT2D eigenvalue weighted by molar-refractivity contribution is 6.29. The van der Waals surface area contributed by atoms with Gasteiger partial charge in [0.2, 0.25) is 0 Å². The Morgan fingerprint density at radius 2 is 2.12 bits per heavy atom. The zero-order chi connectivity index (χ0) is 11.9. The van der Waals surface area contributed by atoms with Gasteiger partial charge in [-0.2, -0.15) is 8.78 Å². The Labute approximate surface area is 96.6 Å². The van der Waals surface area contributed by atoms with Crippen LogP contribution in [0.4, 0.5) is 8.78 Å². The first-order valence-corrected chi connectivity index (χ1v) is 5.45. The van der Waals surface area contributed by atoms with Crippen molar-refractivity contribution in [3.05, 3.63) is 22.8 Å². The van der Waals surface area contributed by atoms with E-state index in [4.69, 9.17) is 16.7 Å². The lowest BCUT2D eigenvalue weighted by molar-refractivity contribution is -0.173. The summed E-state index contributed by atoms with van der Waals surface area (Å²) in [4.78, 5) is 10.5. The molecular weight excluding hydrogens is 238 g/mol. The highest BCUT2D eigenvalue weighted by Crippen LogP contribution is 2.48. The van der Waals surface area contributed by atoms with Crippen molar-refractivity contribution in [1.29, 1.82) is 0 Å². The summed E-state index contributed by atoms with van der Waals surface area (Å²) in [5.74, 6) is -6.77. The first kappa shape index (κ1) is 11.6. The maximum atomic E-state index is 13.3. The fourth-order valence-electron chi connectivity index (χ4n) is 2.40. The van der Waals surface area contributed by atoms with E-state index in [2.05, 4.69) is 0 Å². The standard InChI is InChI=1S/C11H11ClF2O2/c12-9-2-1-6-3-8(4-7(6)5-9)11(13,14)10(15)16/h1-2,7-8H,3-5H2,(H,15,16). The molecule has 0 aromatic rings. The van der Waals surface area contributed by atoms with Gasteiger partial charge in [0.15, 0.2) is 0 Å². The zero-order valence-corrected chi connectivity index (χ0v) is 9.18. The van der Waals surface area contributed by atoms with Gasteiger partial charge in [-0.25, -0.2) is 4.79 Å². The van der Waals surface area contributed by atoms with Crippen LogP contribution < -0.4 is 0 Å². The monoisotopic (exact) mass is 248 g/mol. The molecule has 0 amide bonds. The number of carboxylic acids is 1. The van der Waals surface area contributed by atoms with Gasteiger partial charge >= 0.3 is 11.9 Å². The minimum Gasteiger partial charge on any atom is -0.477 e. The first-order chi connectivity index (χ1) is 7.41. The summed E-state index contributed by atoms with van der Waals surface area (Å²) in [5, 5.41) is 9.12. The highest BCUT2D eigenvalue weighted by Gasteiger charge is 2.51. The Morgan fingerprint density at radius 3 is 2.75 bits per heavy atom. The molecule has 2 rings (SSSR count). The summed E-state index contributed by atoms with van der Waals surface area (Å²) in [6.45, 7) is 0. The molecule has 0 aliphatic heterocycles. The third-order valence-corrected chi connectivity index (χ3v) is 3.57. The van der Waals surface area contributed by atoms with Crippen molar-refractivity contribution in [2.75, 3.05) is 0 Å². The molecule has 88 valence electrons. The van der Waals surface area contributed by atoms with Crippen LogP contribution in [-0.2, 0) is 4.79 Å². The quantitative estimate of drug-likeness (QED) is 0.815. The molecule has 0 spiro atoms. The lowest BCUT2D eigenvalue weighted by atomic mass is 9.94. The minimum absolute atomic E-state index is 0.00674. The Kier molecular flexibility index (Phi) is 2.78. The molecule has 2 aliphatic carbocycles. The van der Waals surface area contributed by atoms with Crippen molar-refractivity contribution in [1.82, 2.24) is 0 Å². The molecule has 1 N–H and O–H groups in total. The van der Waals surface area contributed by atoms with E-state index in [9.17, 15) is 13.6 Å². The molecule has 0 aromatic carbocycles. The van der Waals surface area contributed by atoms with E-state index in [1.54, 1.807) is 12.2 Å². The summed E-state index contributed by atoms with van der Waals surface area (Å²) >= 11 is 5.82. The molecule has 16 heavy (non-hydrogen) atoms. The van der Waals surface area contributed by atoms with Gasteiger partial charge in [0.25, 0.3) is 0 Å². The van der Waals surface area contributed by atoms with Gasteiger partial charge in [-0.3, -0.25) is 0 Å². The Bertz CT molecular complexity index is 387. The average molecular weight is 249 g/mol. The number of carboxylic acid groups (broad SMARTS) is 1. The number of allylic oxidation sites excluding steroid dienone is 4. The first-order valence-electron chi connectivity index (χ1n) is 5.07. The van der Waals surface area contributed by atoms with Crippen LogP contribution in [0.1, 0.15) is 19.3 Å². The average Bonchev–Trinajstić information content (AvgIpc) is 2.60. The topological polar surface area (TPSA) is 37.3 Å². The lowest BCUT2D eigenvalue weighted by Crippen LogP contribution is -2.35. The SMILES string of the molecule is O=C(O)C(F)(F)C1CC2=CC=C(Cl)CC2C1. The number of halogens is 3. The maximum Gasteiger partial charge on any atom is 0.374 e. The van der Waals surface area contributed by atoms with Gasteiger partial charge in [0, 0.05) is 11.0 Å². The van der Waals surface area contributed by atoms with Gasteiger partial charge in [0.1, 0.15) is 0 Å². The molecule has 1 fully saturated rings. The number of alkyl halides is 2. The van der Waals surface area contributed by atoms with Crippen LogP contribution in [0.3, 0.4) is 0 Å². The molecule has 1 saturated carbocycles. The van der Waals surface area contributed by atoms with Crippen molar-refractivity contribution in [2.45, 2.75) is 25.2 Å². The second-order valence-corrected chi connectivity index (χ2v) is 4.81. The Balaban J connectivity index is 2.14. The highest BCUT2D eigenvalue weighted by atomic mass is 35.5. The number of aliphatic carboxylic acids is 1. The van der Waals surface area contributed by atoms with Crippen LogP contribution >= 0.6 is 11.6 Å². The van der Waals surface area contributed by atoms with E-state index in [-0.39, 0.29) is 18.8 Å². The Hall–Kier alpha value is -0.900. The third-order valence-electron chi connectivity index (χ3n) is 3.29. The molecule has 0 aromatic heterocycles. The van der Waals surface area contributed by atoms with Crippen LogP contribution in [0.2, 0.25) is 0 Å². The summed E-state index contributed by atoms with van der Waals surface area (Å²) in [6.07, 6.45) is 4.36. The molecule has 0 bridgehead atoms. The van der Waals surface area contributed by atoms with Crippen LogP contribution in [0, 0.1) is 11.8 Å². The fraction of sp³-hybridized carbons (Fsp3) is 0.545. The second kappa shape index (κ2) is 3.84. The molecular formula is C11H11ClF2O2. The van der Waals surface area contributed by atoms with E-state index < -0.39 is 17.8 Å². The van der Waals surface area contributed by atoms with Crippen LogP contribution in [0.5, 0.6) is 0 Å². The van der Waals surface area contributed by atoms with E-state index >= 15 is 0 Å². The van der Waals surface area contributed by atoms with Gasteiger partial charge in [-0.1, -0.05) is 23.3 Å². The Morgan fingerprint density at radius 1 is 1.44 bits per heavy atom. The van der Waals surface area contributed by atoms with E-state index in [0.29, 0.717) is 11.5 Å². The summed E-state index contributed by atoms with van der Waals surface area (Å²) in [5.41, 5.74) is 0.898. The van der Waals surface area contributed by atoms with Crippen LogP contribution in [0.25, 0.3) is 0 Å². The molecule has 2 aliphatic rings. The second-order valence-electron chi connectivity index (χ2n) is 4.32. The lowest BCUT2D eigenvalue weighted by Gasteiger charge is -2.18. The number of hydrogen-bond donors (Lipinski definition) is 1. The molecule has 0 saturated heterocycles. The van der Waals surface area contributed by atoms with Gasteiger partial charge < -0.3 is 5.11 Å². The molecule has 5 heteroatoms.